The number of carbonyl (C=O) groups excluding carboxylic acids is 1. The molecule has 1 amide bonds. The van der Waals surface area contributed by atoms with Crippen molar-refractivity contribution in [3.63, 3.8) is 0 Å². The molecule has 1 aromatic heterocycles. The van der Waals surface area contributed by atoms with E-state index in [1.165, 1.54) is 11.3 Å². The first-order valence-corrected chi connectivity index (χ1v) is 6.31. The molecule has 0 N–H and O–H groups in total. The Morgan fingerprint density at radius 2 is 2.44 bits per heavy atom. The van der Waals surface area contributed by atoms with Crippen molar-refractivity contribution in [3.8, 4) is 0 Å². The smallest absolute Gasteiger partial charge is 0.229 e. The quantitative estimate of drug-likeness (QED) is 0.730. The fraction of sp³-hybridized carbons (Fsp3) is 0.600. The van der Waals surface area contributed by atoms with Crippen LogP contribution in [0.25, 0.3) is 0 Å². The van der Waals surface area contributed by atoms with E-state index in [0.29, 0.717) is 25.5 Å². The molecule has 0 radical (unpaired) electrons. The van der Waals surface area contributed by atoms with Crippen LogP contribution in [0.15, 0.2) is 5.38 Å². The van der Waals surface area contributed by atoms with E-state index in [0.717, 1.165) is 10.7 Å². The van der Waals surface area contributed by atoms with Crippen molar-refractivity contribution in [2.75, 3.05) is 27.3 Å². The highest BCUT2D eigenvalue weighted by Crippen LogP contribution is 2.12. The lowest BCUT2D eigenvalue weighted by Crippen LogP contribution is -2.31. The summed E-state index contributed by atoms with van der Waals surface area (Å²) in [5, 5.41) is 2.69. The monoisotopic (exact) mass is 262 g/mol. The van der Waals surface area contributed by atoms with Crippen LogP contribution in [0, 0.1) is 0 Å². The van der Waals surface area contributed by atoms with Gasteiger partial charge in [-0.15, -0.1) is 22.9 Å². The average molecular weight is 263 g/mol. The second kappa shape index (κ2) is 6.83. The molecular weight excluding hydrogens is 248 g/mol. The molecule has 90 valence electrons. The molecule has 0 saturated heterocycles. The van der Waals surface area contributed by atoms with Gasteiger partial charge in [0.2, 0.25) is 5.91 Å². The number of amides is 1. The SMILES string of the molecule is COCCN(C)C(=O)Cc1nc(CCl)cs1. The third-order valence-corrected chi connectivity index (χ3v) is 3.27. The van der Waals surface area contributed by atoms with E-state index in [4.69, 9.17) is 16.3 Å². The first-order valence-electron chi connectivity index (χ1n) is 4.89. The van der Waals surface area contributed by atoms with E-state index >= 15 is 0 Å². The van der Waals surface area contributed by atoms with Crippen LogP contribution >= 0.6 is 22.9 Å². The number of alkyl halides is 1. The van der Waals surface area contributed by atoms with Crippen molar-refractivity contribution in [3.05, 3.63) is 16.1 Å². The van der Waals surface area contributed by atoms with Gasteiger partial charge in [-0.25, -0.2) is 4.98 Å². The minimum atomic E-state index is 0.0486. The average Bonchev–Trinajstić information content (AvgIpc) is 2.73. The number of thiazole rings is 1. The number of rotatable bonds is 6. The molecule has 6 heteroatoms. The van der Waals surface area contributed by atoms with E-state index < -0.39 is 0 Å². The van der Waals surface area contributed by atoms with Gasteiger partial charge < -0.3 is 9.64 Å². The number of carbonyl (C=O) groups is 1. The first kappa shape index (κ1) is 13.4. The Morgan fingerprint density at radius 3 is 3.00 bits per heavy atom. The van der Waals surface area contributed by atoms with E-state index in [1.807, 2.05) is 5.38 Å². The number of aromatic nitrogens is 1. The Morgan fingerprint density at radius 1 is 1.69 bits per heavy atom. The van der Waals surface area contributed by atoms with Crippen molar-refractivity contribution in [1.82, 2.24) is 9.88 Å². The van der Waals surface area contributed by atoms with Crippen LogP contribution < -0.4 is 0 Å². The molecule has 0 aliphatic rings. The topological polar surface area (TPSA) is 42.4 Å². The van der Waals surface area contributed by atoms with Crippen molar-refractivity contribution in [2.45, 2.75) is 12.3 Å². The van der Waals surface area contributed by atoms with Crippen molar-refractivity contribution >= 4 is 28.8 Å². The Hall–Kier alpha value is -0.650. The number of methoxy groups -OCH3 is 1. The maximum atomic E-state index is 11.7. The molecular formula is C10H15ClN2O2S. The highest BCUT2D eigenvalue weighted by atomic mass is 35.5. The zero-order valence-corrected chi connectivity index (χ0v) is 11.0. The fourth-order valence-corrected chi connectivity index (χ4v) is 2.12. The minimum absolute atomic E-state index is 0.0486. The largest absolute Gasteiger partial charge is 0.383 e. The van der Waals surface area contributed by atoms with Gasteiger partial charge in [-0.05, 0) is 0 Å². The minimum Gasteiger partial charge on any atom is -0.383 e. The van der Waals surface area contributed by atoms with Gasteiger partial charge in [-0.2, -0.15) is 0 Å². The Labute approximate surface area is 104 Å². The molecule has 0 spiro atoms. The fourth-order valence-electron chi connectivity index (χ4n) is 1.11. The Bertz CT molecular complexity index is 343. The maximum absolute atomic E-state index is 11.7. The summed E-state index contributed by atoms with van der Waals surface area (Å²) >= 11 is 7.11. The number of halogens is 1. The Kier molecular flexibility index (Phi) is 5.73. The molecule has 0 aliphatic heterocycles. The summed E-state index contributed by atoms with van der Waals surface area (Å²) in [6.45, 7) is 1.15. The van der Waals surface area contributed by atoms with Gasteiger partial charge in [0.25, 0.3) is 0 Å². The van der Waals surface area contributed by atoms with Gasteiger partial charge in [-0.1, -0.05) is 0 Å². The predicted octanol–water partition coefficient (Wildman–Crippen LogP) is 1.53. The van der Waals surface area contributed by atoms with Crippen LogP contribution in [-0.4, -0.2) is 43.1 Å². The third-order valence-electron chi connectivity index (χ3n) is 2.10. The van der Waals surface area contributed by atoms with E-state index in [-0.39, 0.29) is 5.91 Å². The predicted molar refractivity (Wildman–Crippen MR) is 64.9 cm³/mol. The third kappa shape index (κ3) is 4.08. The molecule has 0 bridgehead atoms. The highest BCUT2D eigenvalue weighted by molar-refractivity contribution is 7.09. The highest BCUT2D eigenvalue weighted by Gasteiger charge is 2.11. The van der Waals surface area contributed by atoms with Gasteiger partial charge in [0, 0.05) is 26.1 Å². The number of nitrogens with zero attached hydrogens (tertiary/aromatic N) is 2. The molecule has 0 unspecified atom stereocenters. The van der Waals surface area contributed by atoms with Gasteiger partial charge in [0.1, 0.15) is 5.01 Å². The van der Waals surface area contributed by atoms with E-state index in [2.05, 4.69) is 4.98 Å². The molecule has 1 rings (SSSR count). The standard InChI is InChI=1S/C10H15ClN2O2S/c1-13(3-4-15-2)10(14)5-9-12-8(6-11)7-16-9/h7H,3-6H2,1-2H3. The van der Waals surface area contributed by atoms with E-state index in [9.17, 15) is 4.79 Å². The van der Waals surface area contributed by atoms with Gasteiger partial charge in [-0.3, -0.25) is 4.79 Å². The second-order valence-electron chi connectivity index (χ2n) is 3.35. The van der Waals surface area contributed by atoms with Crippen LogP contribution in [0.4, 0.5) is 0 Å². The lowest BCUT2D eigenvalue weighted by atomic mass is 10.4. The summed E-state index contributed by atoms with van der Waals surface area (Å²) in [4.78, 5) is 17.6. The zero-order valence-electron chi connectivity index (χ0n) is 9.40. The van der Waals surface area contributed by atoms with Crippen LogP contribution in [-0.2, 0) is 21.8 Å². The first-order chi connectivity index (χ1) is 7.67. The van der Waals surface area contributed by atoms with Crippen LogP contribution in [0.3, 0.4) is 0 Å². The molecule has 0 fully saturated rings. The maximum Gasteiger partial charge on any atom is 0.229 e. The second-order valence-corrected chi connectivity index (χ2v) is 4.56. The normalized spacial score (nSPS) is 10.4. The van der Waals surface area contributed by atoms with Crippen LogP contribution in [0.5, 0.6) is 0 Å². The lowest BCUT2D eigenvalue weighted by Gasteiger charge is -2.15. The molecule has 0 aliphatic carbocycles. The summed E-state index contributed by atoms with van der Waals surface area (Å²) < 4.78 is 4.91. The molecule has 1 aromatic rings. The number of likely N-dealkylation sites (N-methyl/N-ethyl adjacent to an activating group) is 1. The molecule has 4 nitrogen and oxygen atoms in total. The van der Waals surface area contributed by atoms with Crippen molar-refractivity contribution in [2.24, 2.45) is 0 Å². The summed E-state index contributed by atoms with van der Waals surface area (Å²) in [5.74, 6) is 0.442. The lowest BCUT2D eigenvalue weighted by molar-refractivity contribution is -0.129. The summed E-state index contributed by atoms with van der Waals surface area (Å²) in [5.41, 5.74) is 0.828. The summed E-state index contributed by atoms with van der Waals surface area (Å²) in [6.07, 6.45) is 0.335. The Balaban J connectivity index is 2.44. The summed E-state index contributed by atoms with van der Waals surface area (Å²) in [6, 6.07) is 0. The van der Waals surface area contributed by atoms with Gasteiger partial charge >= 0.3 is 0 Å². The number of hydrogen-bond donors (Lipinski definition) is 0. The molecule has 0 saturated carbocycles. The van der Waals surface area contributed by atoms with Gasteiger partial charge in [0.05, 0.1) is 24.6 Å². The van der Waals surface area contributed by atoms with Crippen molar-refractivity contribution < 1.29 is 9.53 Å². The molecule has 0 atom stereocenters. The van der Waals surface area contributed by atoms with E-state index in [1.54, 1.807) is 19.1 Å². The molecule has 0 aromatic carbocycles. The number of ether oxygens (including phenoxy) is 1. The number of hydrogen-bond acceptors (Lipinski definition) is 4. The van der Waals surface area contributed by atoms with Crippen LogP contribution in [0.1, 0.15) is 10.7 Å². The molecule has 16 heavy (non-hydrogen) atoms. The molecule has 1 heterocycles. The van der Waals surface area contributed by atoms with Crippen molar-refractivity contribution in [1.29, 1.82) is 0 Å². The zero-order chi connectivity index (χ0) is 12.0. The van der Waals surface area contributed by atoms with Gasteiger partial charge in [0.15, 0.2) is 0 Å². The van der Waals surface area contributed by atoms with Crippen LogP contribution in [0.2, 0.25) is 0 Å². The summed E-state index contributed by atoms with van der Waals surface area (Å²) in [7, 11) is 3.38.